The lowest BCUT2D eigenvalue weighted by Gasteiger charge is -2.20. The smallest absolute Gasteiger partial charge is 0.251 e. The van der Waals surface area contributed by atoms with Crippen molar-refractivity contribution >= 4 is 27.5 Å². The van der Waals surface area contributed by atoms with Crippen molar-refractivity contribution in [3.05, 3.63) is 64.2 Å². The van der Waals surface area contributed by atoms with Crippen LogP contribution < -0.4 is 10.0 Å². The molecule has 0 aliphatic heterocycles. The van der Waals surface area contributed by atoms with E-state index in [4.69, 9.17) is 11.6 Å². The number of aryl methyl sites for hydroxylation is 1. The highest BCUT2D eigenvalue weighted by Crippen LogP contribution is 2.18. The first-order valence-corrected chi connectivity index (χ1v) is 10.0. The highest BCUT2D eigenvalue weighted by molar-refractivity contribution is 7.89. The molecule has 0 unspecified atom stereocenters. The van der Waals surface area contributed by atoms with Gasteiger partial charge in [0.2, 0.25) is 10.0 Å². The fourth-order valence-electron chi connectivity index (χ4n) is 2.40. The van der Waals surface area contributed by atoms with Gasteiger partial charge in [-0.3, -0.25) is 4.79 Å². The molecule has 1 amide bonds. The Morgan fingerprint density at radius 3 is 2.42 bits per heavy atom. The molecule has 0 fully saturated rings. The number of carbonyl (C=O) groups is 1. The molecular formula is C19H23ClN2O3S. The lowest BCUT2D eigenvalue weighted by atomic mass is 10.1. The van der Waals surface area contributed by atoms with Crippen LogP contribution in [0.15, 0.2) is 47.4 Å². The second-order valence-corrected chi connectivity index (χ2v) is 9.26. The number of amides is 1. The maximum absolute atomic E-state index is 12.5. The Balaban J connectivity index is 2.22. The minimum absolute atomic E-state index is 0.0610. The Bertz CT molecular complexity index is 919. The second kappa shape index (κ2) is 7.78. The van der Waals surface area contributed by atoms with Crippen molar-refractivity contribution in [1.82, 2.24) is 10.0 Å². The van der Waals surface area contributed by atoms with Crippen molar-refractivity contribution in [3.8, 4) is 0 Å². The van der Waals surface area contributed by atoms with E-state index in [0.29, 0.717) is 22.7 Å². The fraction of sp³-hybridized carbons (Fsp3) is 0.316. The third kappa shape index (κ3) is 5.56. The van der Waals surface area contributed by atoms with Crippen molar-refractivity contribution < 1.29 is 13.2 Å². The number of halogens is 1. The summed E-state index contributed by atoms with van der Waals surface area (Å²) in [5.74, 6) is -0.338. The van der Waals surface area contributed by atoms with Gasteiger partial charge in [0.15, 0.2) is 0 Å². The van der Waals surface area contributed by atoms with Crippen LogP contribution in [0.2, 0.25) is 5.02 Å². The van der Waals surface area contributed by atoms with Crippen LogP contribution in [-0.4, -0.2) is 19.9 Å². The van der Waals surface area contributed by atoms with Gasteiger partial charge in [0.1, 0.15) is 0 Å². The topological polar surface area (TPSA) is 75.3 Å². The SMILES string of the molecule is Cc1ccc(S(=O)(=O)NC(C)(C)C)cc1C(=O)NCc1cccc(Cl)c1. The molecule has 0 saturated heterocycles. The van der Waals surface area contributed by atoms with Crippen LogP contribution in [0.25, 0.3) is 0 Å². The zero-order chi connectivity index (χ0) is 19.5. The molecule has 0 atom stereocenters. The van der Waals surface area contributed by atoms with Gasteiger partial charge >= 0.3 is 0 Å². The van der Waals surface area contributed by atoms with E-state index in [1.54, 1.807) is 52.0 Å². The standard InChI is InChI=1S/C19H23ClN2O3S/c1-13-8-9-16(26(24,25)22-19(2,3)4)11-17(13)18(23)21-12-14-6-5-7-15(20)10-14/h5-11,22H,12H2,1-4H3,(H,21,23). The summed E-state index contributed by atoms with van der Waals surface area (Å²) in [5, 5.41) is 3.39. The molecular weight excluding hydrogens is 372 g/mol. The minimum atomic E-state index is -3.71. The maximum atomic E-state index is 12.5. The van der Waals surface area contributed by atoms with Crippen LogP contribution in [0.1, 0.15) is 42.3 Å². The van der Waals surface area contributed by atoms with Gasteiger partial charge in [-0.25, -0.2) is 13.1 Å². The van der Waals surface area contributed by atoms with Crippen LogP contribution >= 0.6 is 11.6 Å². The van der Waals surface area contributed by atoms with Gasteiger partial charge in [-0.05, 0) is 63.1 Å². The van der Waals surface area contributed by atoms with E-state index in [0.717, 1.165) is 5.56 Å². The van der Waals surface area contributed by atoms with Crippen LogP contribution in [0.4, 0.5) is 0 Å². The molecule has 2 aromatic carbocycles. The summed E-state index contributed by atoms with van der Waals surface area (Å²) in [4.78, 5) is 12.6. The highest BCUT2D eigenvalue weighted by Gasteiger charge is 2.23. The molecule has 140 valence electrons. The summed E-state index contributed by atoms with van der Waals surface area (Å²) in [6.45, 7) is 7.35. The number of hydrogen-bond acceptors (Lipinski definition) is 3. The molecule has 2 N–H and O–H groups in total. The first-order chi connectivity index (χ1) is 12.0. The summed E-state index contributed by atoms with van der Waals surface area (Å²) < 4.78 is 27.6. The molecule has 0 spiro atoms. The van der Waals surface area contributed by atoms with Crippen molar-refractivity contribution in [2.75, 3.05) is 0 Å². The number of nitrogens with one attached hydrogen (secondary N) is 2. The molecule has 2 rings (SSSR count). The van der Waals surface area contributed by atoms with Gasteiger partial charge in [-0.2, -0.15) is 0 Å². The molecule has 5 nitrogen and oxygen atoms in total. The summed E-state index contributed by atoms with van der Waals surface area (Å²) in [5.41, 5.74) is 1.27. The molecule has 26 heavy (non-hydrogen) atoms. The van der Waals surface area contributed by atoms with E-state index < -0.39 is 15.6 Å². The Labute approximate surface area is 159 Å². The van der Waals surface area contributed by atoms with Crippen molar-refractivity contribution in [1.29, 1.82) is 0 Å². The number of benzene rings is 2. The average Bonchev–Trinajstić information content (AvgIpc) is 2.50. The molecule has 0 radical (unpaired) electrons. The summed E-state index contributed by atoms with van der Waals surface area (Å²) >= 11 is 5.94. The number of hydrogen-bond donors (Lipinski definition) is 2. The van der Waals surface area contributed by atoms with Crippen molar-refractivity contribution in [2.45, 2.75) is 44.7 Å². The quantitative estimate of drug-likeness (QED) is 0.812. The molecule has 0 aliphatic rings. The number of rotatable bonds is 5. The summed E-state index contributed by atoms with van der Waals surface area (Å²) in [6, 6.07) is 11.7. The van der Waals surface area contributed by atoms with E-state index in [-0.39, 0.29) is 10.8 Å². The van der Waals surface area contributed by atoms with Gasteiger partial charge in [-0.15, -0.1) is 0 Å². The molecule has 7 heteroatoms. The molecule has 0 aromatic heterocycles. The normalized spacial score (nSPS) is 12.0. The zero-order valence-corrected chi connectivity index (χ0v) is 16.8. The van der Waals surface area contributed by atoms with Gasteiger partial charge in [0, 0.05) is 22.7 Å². The van der Waals surface area contributed by atoms with Crippen LogP contribution in [-0.2, 0) is 16.6 Å². The predicted octanol–water partition coefficient (Wildman–Crippen LogP) is 3.66. The zero-order valence-electron chi connectivity index (χ0n) is 15.3. The predicted molar refractivity (Wildman–Crippen MR) is 104 cm³/mol. The Kier molecular flexibility index (Phi) is 6.11. The van der Waals surface area contributed by atoms with Gasteiger partial charge in [-0.1, -0.05) is 29.8 Å². The Morgan fingerprint density at radius 1 is 1.12 bits per heavy atom. The van der Waals surface area contributed by atoms with Crippen LogP contribution in [0, 0.1) is 6.92 Å². The molecule has 0 heterocycles. The number of carbonyl (C=O) groups excluding carboxylic acids is 1. The average molecular weight is 395 g/mol. The molecule has 0 saturated carbocycles. The fourth-order valence-corrected chi connectivity index (χ4v) is 4.06. The van der Waals surface area contributed by atoms with E-state index in [2.05, 4.69) is 10.0 Å². The highest BCUT2D eigenvalue weighted by atomic mass is 35.5. The van der Waals surface area contributed by atoms with Gasteiger partial charge < -0.3 is 5.32 Å². The van der Waals surface area contributed by atoms with E-state index in [1.165, 1.54) is 12.1 Å². The lowest BCUT2D eigenvalue weighted by molar-refractivity contribution is 0.0950. The monoisotopic (exact) mass is 394 g/mol. The summed E-state index contributed by atoms with van der Waals surface area (Å²) in [7, 11) is -3.71. The van der Waals surface area contributed by atoms with Gasteiger partial charge in [0.05, 0.1) is 4.90 Å². The first-order valence-electron chi connectivity index (χ1n) is 8.15. The first kappa shape index (κ1) is 20.4. The maximum Gasteiger partial charge on any atom is 0.251 e. The minimum Gasteiger partial charge on any atom is -0.348 e. The van der Waals surface area contributed by atoms with Crippen LogP contribution in [0.3, 0.4) is 0 Å². The van der Waals surface area contributed by atoms with Crippen molar-refractivity contribution in [2.24, 2.45) is 0 Å². The third-order valence-corrected chi connectivity index (χ3v) is 5.54. The van der Waals surface area contributed by atoms with Crippen LogP contribution in [0.5, 0.6) is 0 Å². The largest absolute Gasteiger partial charge is 0.348 e. The molecule has 0 bridgehead atoms. The van der Waals surface area contributed by atoms with E-state index in [9.17, 15) is 13.2 Å². The van der Waals surface area contributed by atoms with E-state index >= 15 is 0 Å². The van der Waals surface area contributed by atoms with E-state index in [1.807, 2.05) is 6.07 Å². The second-order valence-electron chi connectivity index (χ2n) is 7.14. The Hall–Kier alpha value is -1.89. The van der Waals surface area contributed by atoms with Crippen molar-refractivity contribution in [3.63, 3.8) is 0 Å². The lowest BCUT2D eigenvalue weighted by Crippen LogP contribution is -2.40. The Morgan fingerprint density at radius 2 is 1.81 bits per heavy atom. The molecule has 0 aliphatic carbocycles. The third-order valence-electron chi connectivity index (χ3n) is 3.55. The summed E-state index contributed by atoms with van der Waals surface area (Å²) in [6.07, 6.45) is 0. The van der Waals surface area contributed by atoms with Gasteiger partial charge in [0.25, 0.3) is 5.91 Å². The number of sulfonamides is 1. The molecule has 2 aromatic rings.